The molecule has 0 aliphatic rings. The van der Waals surface area contributed by atoms with Crippen molar-refractivity contribution >= 4 is 5.97 Å². The zero-order chi connectivity index (χ0) is 24.9. The van der Waals surface area contributed by atoms with Crippen LogP contribution in [0.4, 0.5) is 0 Å². The summed E-state index contributed by atoms with van der Waals surface area (Å²) in [5, 5.41) is 10.2. The highest BCUT2D eigenvalue weighted by atomic mass is 16.5. The molecular formula is C28H25O7+. The molecular weight excluding hydrogens is 448 g/mol. The van der Waals surface area contributed by atoms with E-state index in [0.717, 1.165) is 5.56 Å². The van der Waals surface area contributed by atoms with Gasteiger partial charge in [0.2, 0.25) is 0 Å². The monoisotopic (exact) mass is 473 g/mol. The van der Waals surface area contributed by atoms with Crippen molar-refractivity contribution in [1.29, 1.82) is 0 Å². The van der Waals surface area contributed by atoms with Gasteiger partial charge >= 0.3 is 17.5 Å². The summed E-state index contributed by atoms with van der Waals surface area (Å²) in [5.41, 5.74) is 2.42. The fraction of sp³-hybridized carbons (Fsp3) is 0.143. The average molecular weight is 474 g/mol. The molecule has 4 rings (SSSR count). The zero-order valence-corrected chi connectivity index (χ0v) is 19.8. The molecule has 1 aromatic heterocycles. The summed E-state index contributed by atoms with van der Waals surface area (Å²) in [5.74, 6) is 1.70. The third kappa shape index (κ3) is 4.61. The van der Waals surface area contributed by atoms with E-state index in [4.69, 9.17) is 23.4 Å². The second-order valence-electron chi connectivity index (χ2n) is 7.54. The maximum atomic E-state index is 12.5. The standard InChI is InChI=1S/C28H24O7/c1-31-21-12-10-18(14-24(21)33-3)26-20(28(29)30)16-23(17-8-6-5-7-9-17)35-27(26)19-11-13-22(32-2)25(15-19)34-4/h5-16H,1-4H3/p+1. The molecule has 0 aliphatic heterocycles. The number of methoxy groups -OCH3 is 4. The Hall–Kier alpha value is -4.52. The predicted molar refractivity (Wildman–Crippen MR) is 133 cm³/mol. The first kappa shape index (κ1) is 23.6. The molecule has 35 heavy (non-hydrogen) atoms. The lowest BCUT2D eigenvalue weighted by Gasteiger charge is -2.12. The molecule has 0 bridgehead atoms. The lowest BCUT2D eigenvalue weighted by Crippen LogP contribution is -2.03. The van der Waals surface area contributed by atoms with Crippen molar-refractivity contribution in [1.82, 2.24) is 0 Å². The summed E-state index contributed by atoms with van der Waals surface area (Å²) in [4.78, 5) is 12.5. The van der Waals surface area contributed by atoms with Crippen molar-refractivity contribution < 1.29 is 33.3 Å². The van der Waals surface area contributed by atoms with Gasteiger partial charge in [-0.3, -0.25) is 0 Å². The molecule has 0 amide bonds. The predicted octanol–water partition coefficient (Wildman–Crippen LogP) is 6.29. The molecule has 0 atom stereocenters. The van der Waals surface area contributed by atoms with Crippen molar-refractivity contribution in [3.63, 3.8) is 0 Å². The Kier molecular flexibility index (Phi) is 6.87. The normalized spacial score (nSPS) is 10.5. The summed E-state index contributed by atoms with van der Waals surface area (Å²) in [6.45, 7) is 0. The minimum absolute atomic E-state index is 0.0760. The summed E-state index contributed by atoms with van der Waals surface area (Å²) < 4.78 is 28.1. The molecule has 0 spiro atoms. The second kappa shape index (κ2) is 10.2. The zero-order valence-electron chi connectivity index (χ0n) is 19.8. The van der Waals surface area contributed by atoms with Gasteiger partial charge in [-0.1, -0.05) is 24.3 Å². The quantitative estimate of drug-likeness (QED) is 0.301. The van der Waals surface area contributed by atoms with Gasteiger partial charge in [0.15, 0.2) is 23.0 Å². The van der Waals surface area contributed by atoms with Gasteiger partial charge in [0.25, 0.3) is 0 Å². The molecule has 0 aliphatic carbocycles. The van der Waals surface area contributed by atoms with Gasteiger partial charge in [0, 0.05) is 6.07 Å². The van der Waals surface area contributed by atoms with Crippen LogP contribution in [0.25, 0.3) is 33.8 Å². The first-order valence-corrected chi connectivity index (χ1v) is 10.7. The van der Waals surface area contributed by atoms with Crippen LogP contribution in [0.1, 0.15) is 10.4 Å². The van der Waals surface area contributed by atoms with E-state index in [0.29, 0.717) is 51.2 Å². The fourth-order valence-corrected chi connectivity index (χ4v) is 3.89. The van der Waals surface area contributed by atoms with Gasteiger partial charge in [-0.05, 0) is 42.0 Å². The summed E-state index contributed by atoms with van der Waals surface area (Å²) in [7, 11) is 6.16. The van der Waals surface area contributed by atoms with Crippen LogP contribution in [0.5, 0.6) is 23.0 Å². The van der Waals surface area contributed by atoms with Crippen molar-refractivity contribution in [2.45, 2.75) is 0 Å². The van der Waals surface area contributed by atoms with E-state index in [1.54, 1.807) is 50.6 Å². The molecule has 0 saturated heterocycles. The number of carbonyl (C=O) groups is 1. The van der Waals surface area contributed by atoms with Gasteiger partial charge in [-0.15, -0.1) is 0 Å². The van der Waals surface area contributed by atoms with E-state index >= 15 is 0 Å². The van der Waals surface area contributed by atoms with Crippen LogP contribution in [-0.4, -0.2) is 39.5 Å². The Morgan fingerprint density at radius 2 is 1.20 bits per heavy atom. The lowest BCUT2D eigenvalue weighted by molar-refractivity contribution is 0.0697. The Morgan fingerprint density at radius 1 is 0.657 bits per heavy atom. The molecule has 1 N–H and O–H groups in total. The second-order valence-corrected chi connectivity index (χ2v) is 7.54. The number of carboxylic acid groups (broad SMARTS) is 1. The van der Waals surface area contributed by atoms with Crippen LogP contribution in [0.15, 0.2) is 77.2 Å². The molecule has 1 heterocycles. The van der Waals surface area contributed by atoms with Crippen LogP contribution in [0.2, 0.25) is 0 Å². The van der Waals surface area contributed by atoms with Crippen molar-refractivity contribution in [3.05, 3.63) is 78.4 Å². The summed E-state index contributed by atoms with van der Waals surface area (Å²) >= 11 is 0. The smallest absolute Gasteiger partial charge is 0.369 e. The van der Waals surface area contributed by atoms with Gasteiger partial charge in [-0.2, -0.15) is 0 Å². The van der Waals surface area contributed by atoms with E-state index in [2.05, 4.69) is 0 Å². The molecule has 0 unspecified atom stereocenters. The van der Waals surface area contributed by atoms with Crippen LogP contribution < -0.4 is 18.9 Å². The number of ether oxygens (including phenoxy) is 4. The van der Waals surface area contributed by atoms with Gasteiger partial charge in [0.1, 0.15) is 5.56 Å². The summed E-state index contributed by atoms with van der Waals surface area (Å²) in [6, 6.07) is 21.4. The van der Waals surface area contributed by atoms with E-state index in [9.17, 15) is 9.90 Å². The molecule has 7 heteroatoms. The van der Waals surface area contributed by atoms with E-state index in [-0.39, 0.29) is 5.56 Å². The Morgan fingerprint density at radius 3 is 1.74 bits per heavy atom. The first-order valence-electron chi connectivity index (χ1n) is 10.7. The van der Waals surface area contributed by atoms with Crippen molar-refractivity contribution in [3.8, 4) is 56.8 Å². The maximum Gasteiger partial charge on any atom is 0.369 e. The molecule has 4 aromatic rings. The highest BCUT2D eigenvalue weighted by Crippen LogP contribution is 2.43. The minimum Gasteiger partial charge on any atom is -0.493 e. The highest BCUT2D eigenvalue weighted by molar-refractivity contribution is 6.01. The number of hydrogen-bond acceptors (Lipinski definition) is 5. The molecule has 178 valence electrons. The van der Waals surface area contributed by atoms with Gasteiger partial charge in [0.05, 0.1) is 51.2 Å². The minimum atomic E-state index is -1.09. The van der Waals surface area contributed by atoms with Crippen molar-refractivity contribution in [2.75, 3.05) is 28.4 Å². The van der Waals surface area contributed by atoms with E-state index < -0.39 is 5.97 Å². The molecule has 7 nitrogen and oxygen atoms in total. The molecule has 3 aromatic carbocycles. The first-order chi connectivity index (χ1) is 17.0. The average Bonchev–Trinajstić information content (AvgIpc) is 2.91. The summed E-state index contributed by atoms with van der Waals surface area (Å²) in [6.07, 6.45) is 0. The maximum absolute atomic E-state index is 12.5. The van der Waals surface area contributed by atoms with Crippen molar-refractivity contribution in [2.24, 2.45) is 0 Å². The van der Waals surface area contributed by atoms with Crippen LogP contribution in [0.3, 0.4) is 0 Å². The van der Waals surface area contributed by atoms with Crippen LogP contribution in [-0.2, 0) is 0 Å². The van der Waals surface area contributed by atoms with Crippen LogP contribution in [0, 0.1) is 0 Å². The third-order valence-electron chi connectivity index (χ3n) is 5.59. The SMILES string of the molecule is COc1ccc(-c2[o+]c(-c3ccccc3)cc(C(=O)O)c2-c2ccc(OC)c(OC)c2)cc1OC. The number of benzene rings is 3. The third-order valence-corrected chi connectivity index (χ3v) is 5.59. The fourth-order valence-electron chi connectivity index (χ4n) is 3.89. The molecule has 0 fully saturated rings. The van der Waals surface area contributed by atoms with E-state index in [1.165, 1.54) is 20.3 Å². The molecule has 0 saturated carbocycles. The Balaban J connectivity index is 2.07. The highest BCUT2D eigenvalue weighted by Gasteiger charge is 2.32. The molecule has 0 radical (unpaired) electrons. The van der Waals surface area contributed by atoms with Gasteiger partial charge in [-0.25, -0.2) is 9.21 Å². The Bertz CT molecular complexity index is 1360. The topological polar surface area (TPSA) is 85.5 Å². The number of hydrogen-bond donors (Lipinski definition) is 1. The lowest BCUT2D eigenvalue weighted by atomic mass is 9.94. The number of rotatable bonds is 8. The van der Waals surface area contributed by atoms with Gasteiger partial charge < -0.3 is 24.1 Å². The number of carboxylic acids is 1. The number of aromatic carboxylic acids is 1. The van der Waals surface area contributed by atoms with E-state index in [1.807, 2.05) is 30.3 Å². The largest absolute Gasteiger partial charge is 0.493 e. The van der Waals surface area contributed by atoms with Crippen LogP contribution >= 0.6 is 0 Å². The Labute approximate surface area is 203 Å².